The predicted molar refractivity (Wildman–Crippen MR) is 91.8 cm³/mol. The van der Waals surface area contributed by atoms with Crippen LogP contribution in [0.4, 0.5) is 22.0 Å². The van der Waals surface area contributed by atoms with E-state index >= 15 is 4.39 Å². The third-order valence-electron chi connectivity index (χ3n) is 5.48. The summed E-state index contributed by atoms with van der Waals surface area (Å²) in [7, 11) is 0. The van der Waals surface area contributed by atoms with Crippen molar-refractivity contribution in [3.63, 3.8) is 0 Å². The van der Waals surface area contributed by atoms with Gasteiger partial charge in [0.25, 0.3) is 0 Å². The summed E-state index contributed by atoms with van der Waals surface area (Å²) in [4.78, 5) is 0. The van der Waals surface area contributed by atoms with Gasteiger partial charge in [0.1, 0.15) is 0 Å². The van der Waals surface area contributed by atoms with E-state index in [0.717, 1.165) is 18.9 Å². The average molecular weight is 400 g/mol. The van der Waals surface area contributed by atoms with Crippen molar-refractivity contribution >= 4 is 21.9 Å². The minimum atomic E-state index is -5.07. The van der Waals surface area contributed by atoms with Crippen molar-refractivity contribution in [1.29, 1.82) is 0 Å². The molecule has 1 saturated carbocycles. The average Bonchev–Trinajstić information content (AvgIpc) is 3.00. The minimum Gasteiger partial charge on any atom is -0.450 e. The Balaban J connectivity index is 1.85. The maximum Gasteiger partial charge on any atom is 0.573 e. The molecular formula is C20H17F5O3. The van der Waals surface area contributed by atoms with E-state index < -0.39 is 34.9 Å². The molecule has 0 atom stereocenters. The number of ether oxygens (including phenoxy) is 1. The van der Waals surface area contributed by atoms with Gasteiger partial charge >= 0.3 is 6.36 Å². The maximum atomic E-state index is 15.2. The van der Waals surface area contributed by atoms with E-state index in [2.05, 4.69) is 11.7 Å². The molecule has 0 amide bonds. The van der Waals surface area contributed by atoms with Crippen LogP contribution < -0.4 is 4.74 Å². The molecule has 0 aliphatic heterocycles. The monoisotopic (exact) mass is 400 g/mol. The van der Waals surface area contributed by atoms with E-state index in [4.69, 9.17) is 4.42 Å². The van der Waals surface area contributed by atoms with Crippen LogP contribution in [0.2, 0.25) is 0 Å². The highest BCUT2D eigenvalue weighted by molar-refractivity contribution is 6.05. The second-order valence-electron chi connectivity index (χ2n) is 7.42. The standard InChI is InChI=1S/C20H17F5O3/c1-10-6-8-19(26,9-7-10)13-4-2-11-12-3-5-14(28-20(23,24)25)16(22)18(12)27-17(11)15(13)21/h2-5,10,26H,6-9H2,1H3. The molecule has 4 rings (SSSR count). The first kappa shape index (κ1) is 19.0. The molecule has 0 unspecified atom stereocenters. The van der Waals surface area contributed by atoms with Crippen molar-refractivity contribution < 1.29 is 36.2 Å². The Bertz CT molecular complexity index is 1050. The molecule has 1 N–H and O–H groups in total. The van der Waals surface area contributed by atoms with E-state index in [1.165, 1.54) is 18.2 Å². The molecular weight excluding hydrogens is 383 g/mol. The van der Waals surface area contributed by atoms with Crippen molar-refractivity contribution in [2.45, 2.75) is 44.6 Å². The highest BCUT2D eigenvalue weighted by Crippen LogP contribution is 2.44. The van der Waals surface area contributed by atoms with Gasteiger partial charge in [-0.15, -0.1) is 13.2 Å². The predicted octanol–water partition coefficient (Wildman–Crippen LogP) is 6.16. The summed E-state index contributed by atoms with van der Waals surface area (Å²) in [5.74, 6) is -2.82. The van der Waals surface area contributed by atoms with Crippen LogP contribution in [0.25, 0.3) is 21.9 Å². The van der Waals surface area contributed by atoms with Crippen molar-refractivity contribution in [2.24, 2.45) is 5.92 Å². The van der Waals surface area contributed by atoms with Gasteiger partial charge in [0.15, 0.2) is 22.7 Å². The Morgan fingerprint density at radius 1 is 1.00 bits per heavy atom. The van der Waals surface area contributed by atoms with Crippen molar-refractivity contribution in [1.82, 2.24) is 0 Å². The first-order valence-corrected chi connectivity index (χ1v) is 8.91. The Kier molecular flexibility index (Phi) is 4.30. The molecule has 1 aliphatic carbocycles. The number of hydrogen-bond donors (Lipinski definition) is 1. The number of fused-ring (bicyclic) bond motifs is 3. The van der Waals surface area contributed by atoms with E-state index in [1.807, 2.05) is 0 Å². The molecule has 0 bridgehead atoms. The SMILES string of the molecule is CC1CCC(O)(c2ccc3c(oc4c(F)c(OC(F)(F)F)ccc43)c2F)CC1. The van der Waals surface area contributed by atoms with Gasteiger partial charge < -0.3 is 14.3 Å². The van der Waals surface area contributed by atoms with Crippen LogP contribution in [-0.4, -0.2) is 11.5 Å². The van der Waals surface area contributed by atoms with Crippen LogP contribution in [0.5, 0.6) is 5.75 Å². The molecule has 0 spiro atoms. The number of hydrogen-bond acceptors (Lipinski definition) is 3. The van der Waals surface area contributed by atoms with E-state index in [1.54, 1.807) is 0 Å². The lowest BCUT2D eigenvalue weighted by Gasteiger charge is -2.35. The van der Waals surface area contributed by atoms with Gasteiger partial charge in [-0.1, -0.05) is 13.0 Å². The lowest BCUT2D eigenvalue weighted by molar-refractivity contribution is -0.275. The summed E-state index contributed by atoms with van der Waals surface area (Å²) < 4.78 is 75.7. The fourth-order valence-electron chi connectivity index (χ4n) is 3.89. The molecule has 0 radical (unpaired) electrons. The normalized spacial score (nSPS) is 23.5. The molecule has 1 fully saturated rings. The summed E-state index contributed by atoms with van der Waals surface area (Å²) in [5, 5.41) is 11.2. The van der Waals surface area contributed by atoms with Gasteiger partial charge in [0.05, 0.1) is 5.60 Å². The van der Waals surface area contributed by atoms with Crippen LogP contribution in [0.15, 0.2) is 28.7 Å². The van der Waals surface area contributed by atoms with Gasteiger partial charge in [0.2, 0.25) is 5.82 Å². The number of benzene rings is 2. The largest absolute Gasteiger partial charge is 0.573 e. The van der Waals surface area contributed by atoms with Crippen LogP contribution in [0.3, 0.4) is 0 Å². The third-order valence-corrected chi connectivity index (χ3v) is 5.48. The summed E-state index contributed by atoms with van der Waals surface area (Å²) in [5.41, 5.74) is -2.13. The Labute approximate surface area is 156 Å². The molecule has 3 nitrogen and oxygen atoms in total. The Morgan fingerprint density at radius 3 is 2.18 bits per heavy atom. The van der Waals surface area contributed by atoms with Crippen LogP contribution in [0, 0.1) is 17.6 Å². The van der Waals surface area contributed by atoms with Crippen molar-refractivity contribution in [2.75, 3.05) is 0 Å². The van der Waals surface area contributed by atoms with Gasteiger partial charge in [0, 0.05) is 16.3 Å². The zero-order valence-corrected chi connectivity index (χ0v) is 14.9. The zero-order valence-electron chi connectivity index (χ0n) is 14.9. The quantitative estimate of drug-likeness (QED) is 0.524. The maximum absolute atomic E-state index is 15.2. The number of furan rings is 1. The van der Waals surface area contributed by atoms with E-state index in [-0.39, 0.29) is 21.9 Å². The van der Waals surface area contributed by atoms with E-state index in [9.17, 15) is 22.7 Å². The molecule has 8 heteroatoms. The summed E-state index contributed by atoms with van der Waals surface area (Å²) in [6, 6.07) is 4.92. The van der Waals surface area contributed by atoms with Gasteiger partial charge in [-0.05, 0) is 49.8 Å². The van der Waals surface area contributed by atoms with Crippen LogP contribution in [0.1, 0.15) is 38.2 Å². The number of halogens is 5. The first-order valence-electron chi connectivity index (χ1n) is 8.91. The lowest BCUT2D eigenvalue weighted by atomic mass is 9.75. The van der Waals surface area contributed by atoms with Crippen LogP contribution >= 0.6 is 0 Å². The van der Waals surface area contributed by atoms with Crippen molar-refractivity contribution in [3.8, 4) is 5.75 Å². The second kappa shape index (κ2) is 6.34. The minimum absolute atomic E-state index is 0.0538. The molecule has 1 aromatic heterocycles. The molecule has 2 aromatic carbocycles. The van der Waals surface area contributed by atoms with E-state index in [0.29, 0.717) is 18.8 Å². The first-order chi connectivity index (χ1) is 13.1. The number of rotatable bonds is 2. The topological polar surface area (TPSA) is 42.6 Å². The Morgan fingerprint density at radius 2 is 1.57 bits per heavy atom. The van der Waals surface area contributed by atoms with Crippen LogP contribution in [-0.2, 0) is 5.60 Å². The fourth-order valence-corrected chi connectivity index (χ4v) is 3.89. The molecule has 28 heavy (non-hydrogen) atoms. The highest BCUT2D eigenvalue weighted by atomic mass is 19.4. The summed E-state index contributed by atoms with van der Waals surface area (Å²) in [6.07, 6.45) is -2.83. The summed E-state index contributed by atoms with van der Waals surface area (Å²) in [6.45, 7) is 2.06. The molecule has 0 saturated heterocycles. The smallest absolute Gasteiger partial charge is 0.450 e. The van der Waals surface area contributed by atoms with Crippen molar-refractivity contribution in [3.05, 3.63) is 41.5 Å². The molecule has 3 aromatic rings. The lowest BCUT2D eigenvalue weighted by Crippen LogP contribution is -2.31. The third kappa shape index (κ3) is 3.09. The summed E-state index contributed by atoms with van der Waals surface area (Å²) >= 11 is 0. The number of aliphatic hydroxyl groups is 1. The fraction of sp³-hybridized carbons (Fsp3) is 0.400. The van der Waals surface area contributed by atoms with Gasteiger partial charge in [-0.25, -0.2) is 4.39 Å². The zero-order chi connectivity index (χ0) is 20.3. The van der Waals surface area contributed by atoms with Gasteiger partial charge in [-0.2, -0.15) is 4.39 Å². The highest BCUT2D eigenvalue weighted by Gasteiger charge is 2.37. The molecule has 1 heterocycles. The molecule has 1 aliphatic rings. The Hall–Kier alpha value is -2.35. The van der Waals surface area contributed by atoms with Gasteiger partial charge in [-0.3, -0.25) is 0 Å². The molecule has 150 valence electrons. The second-order valence-corrected chi connectivity index (χ2v) is 7.42. The number of alkyl halides is 3.